The Bertz CT molecular complexity index is 1030. The zero-order valence-corrected chi connectivity index (χ0v) is 14.5. The topological polar surface area (TPSA) is 54.3 Å². The van der Waals surface area contributed by atoms with E-state index in [-0.39, 0.29) is 0 Å². The quantitative estimate of drug-likeness (QED) is 0.563. The van der Waals surface area contributed by atoms with Crippen molar-refractivity contribution in [3.8, 4) is 0 Å². The van der Waals surface area contributed by atoms with Gasteiger partial charge in [-0.05, 0) is 24.6 Å². The van der Waals surface area contributed by atoms with Crippen LogP contribution in [0.15, 0.2) is 78.9 Å². The summed E-state index contributed by atoms with van der Waals surface area (Å²) in [6.45, 7) is 1.73. The lowest BCUT2D eigenvalue weighted by molar-refractivity contribution is -0.142. The lowest BCUT2D eigenvalue weighted by Gasteiger charge is -2.29. The summed E-state index contributed by atoms with van der Waals surface area (Å²) in [5, 5.41) is 12.2. The van der Waals surface area contributed by atoms with Crippen molar-refractivity contribution < 1.29 is 9.90 Å². The van der Waals surface area contributed by atoms with Gasteiger partial charge in [0.2, 0.25) is 0 Å². The molecule has 4 rings (SSSR count). The van der Waals surface area contributed by atoms with Crippen LogP contribution < -0.4 is 5.43 Å². The highest BCUT2D eigenvalue weighted by molar-refractivity contribution is 6.08. The van der Waals surface area contributed by atoms with Gasteiger partial charge in [-0.1, -0.05) is 66.7 Å². The van der Waals surface area contributed by atoms with Gasteiger partial charge in [0.25, 0.3) is 0 Å². The summed E-state index contributed by atoms with van der Waals surface area (Å²) >= 11 is 0. The Morgan fingerprint density at radius 2 is 1.38 bits per heavy atom. The van der Waals surface area contributed by atoms with Crippen LogP contribution in [0.3, 0.4) is 0 Å². The number of carboxylic acid groups (broad SMARTS) is 1. The number of rotatable bonds is 5. The van der Waals surface area contributed by atoms with E-state index in [4.69, 9.17) is 0 Å². The van der Waals surface area contributed by atoms with E-state index in [2.05, 4.69) is 17.6 Å². The second-order valence-corrected chi connectivity index (χ2v) is 6.78. The van der Waals surface area contributed by atoms with Crippen LogP contribution in [0.25, 0.3) is 21.8 Å². The summed E-state index contributed by atoms with van der Waals surface area (Å²) in [7, 11) is 0. The molecule has 1 heterocycles. The van der Waals surface area contributed by atoms with Gasteiger partial charge in [0, 0.05) is 17.2 Å². The first-order valence-corrected chi connectivity index (χ1v) is 8.62. The van der Waals surface area contributed by atoms with E-state index in [9.17, 15) is 9.90 Å². The Kier molecular flexibility index (Phi) is 3.88. The van der Waals surface area contributed by atoms with Crippen molar-refractivity contribution in [3.63, 3.8) is 0 Å². The Morgan fingerprint density at radius 1 is 0.885 bits per heavy atom. The van der Waals surface area contributed by atoms with Crippen molar-refractivity contribution in [2.75, 3.05) is 5.43 Å². The number of nitrogens with one attached hydrogen (secondary N) is 1. The first kappa shape index (κ1) is 16.2. The van der Waals surface area contributed by atoms with Crippen LogP contribution in [-0.4, -0.2) is 21.3 Å². The number of benzene rings is 3. The highest BCUT2D eigenvalue weighted by Gasteiger charge is 2.34. The van der Waals surface area contributed by atoms with Crippen LogP contribution in [0.1, 0.15) is 12.5 Å². The van der Waals surface area contributed by atoms with E-state index >= 15 is 0 Å². The van der Waals surface area contributed by atoms with E-state index < -0.39 is 11.5 Å². The van der Waals surface area contributed by atoms with Gasteiger partial charge in [-0.15, -0.1) is 0 Å². The molecule has 0 unspecified atom stereocenters. The molecule has 3 aromatic carbocycles. The zero-order chi connectivity index (χ0) is 18.1. The van der Waals surface area contributed by atoms with Gasteiger partial charge >= 0.3 is 5.97 Å². The minimum absolute atomic E-state index is 0.379. The Hall–Kier alpha value is -3.27. The molecule has 0 saturated heterocycles. The predicted molar refractivity (Wildman–Crippen MR) is 105 cm³/mol. The number of carbonyl (C=O) groups is 1. The first-order chi connectivity index (χ1) is 12.6. The van der Waals surface area contributed by atoms with E-state index in [1.807, 2.05) is 71.4 Å². The van der Waals surface area contributed by atoms with Crippen LogP contribution in [0, 0.1) is 0 Å². The standard InChI is InChI=1S/C22H20N2O2/c1-22(21(25)26,15-16-9-3-2-4-10-16)23-24-19-13-7-5-11-17(19)18-12-6-8-14-20(18)24/h2-14,23H,15H2,1H3,(H,25,26)/t22-/m1/s1. The summed E-state index contributed by atoms with van der Waals surface area (Å²) in [5.41, 5.74) is 5.05. The molecule has 1 atom stereocenters. The number of carboxylic acids is 1. The van der Waals surface area contributed by atoms with Crippen molar-refractivity contribution in [1.82, 2.24) is 4.68 Å². The van der Waals surface area contributed by atoms with E-state index in [0.29, 0.717) is 6.42 Å². The summed E-state index contributed by atoms with van der Waals surface area (Å²) in [6.07, 6.45) is 0.379. The van der Waals surface area contributed by atoms with Crippen molar-refractivity contribution in [1.29, 1.82) is 0 Å². The Morgan fingerprint density at radius 3 is 1.92 bits per heavy atom. The SMILES string of the molecule is C[C@](Cc1ccccc1)(Nn1c2ccccc2c2ccccc21)C(=O)O. The zero-order valence-electron chi connectivity index (χ0n) is 14.5. The molecule has 4 aromatic rings. The van der Waals surface area contributed by atoms with Crippen LogP contribution in [-0.2, 0) is 11.2 Å². The smallest absolute Gasteiger partial charge is 0.330 e. The number of nitrogens with zero attached hydrogens (tertiary/aromatic N) is 1. The maximum absolute atomic E-state index is 12.1. The van der Waals surface area contributed by atoms with Gasteiger partial charge < -0.3 is 10.5 Å². The third kappa shape index (κ3) is 2.69. The van der Waals surface area contributed by atoms with Gasteiger partial charge in [-0.25, -0.2) is 4.79 Å². The summed E-state index contributed by atoms with van der Waals surface area (Å²) in [5.74, 6) is -0.886. The van der Waals surface area contributed by atoms with E-state index in [1.54, 1.807) is 6.92 Å². The summed E-state index contributed by atoms with van der Waals surface area (Å²) < 4.78 is 1.90. The predicted octanol–water partition coefficient (Wildman–Crippen LogP) is 4.42. The fraction of sp³-hybridized carbons (Fsp3) is 0.136. The van der Waals surface area contributed by atoms with Crippen LogP contribution >= 0.6 is 0 Å². The van der Waals surface area contributed by atoms with Crippen LogP contribution in [0.2, 0.25) is 0 Å². The second-order valence-electron chi connectivity index (χ2n) is 6.78. The number of aliphatic carboxylic acids is 1. The fourth-order valence-corrected chi connectivity index (χ4v) is 3.46. The monoisotopic (exact) mass is 344 g/mol. The molecule has 0 radical (unpaired) electrons. The number of hydrogen-bond acceptors (Lipinski definition) is 2. The third-order valence-corrected chi connectivity index (χ3v) is 4.81. The molecule has 4 nitrogen and oxygen atoms in total. The Labute approximate surface area is 151 Å². The van der Waals surface area contributed by atoms with Crippen LogP contribution in [0.5, 0.6) is 0 Å². The van der Waals surface area contributed by atoms with Crippen molar-refractivity contribution in [2.24, 2.45) is 0 Å². The average Bonchev–Trinajstić information content (AvgIpc) is 2.97. The van der Waals surface area contributed by atoms with E-state index in [0.717, 1.165) is 27.4 Å². The third-order valence-electron chi connectivity index (χ3n) is 4.81. The average molecular weight is 344 g/mol. The number of fused-ring (bicyclic) bond motifs is 3. The second kappa shape index (κ2) is 6.23. The van der Waals surface area contributed by atoms with Gasteiger partial charge in [0.05, 0.1) is 11.0 Å². The summed E-state index contributed by atoms with van der Waals surface area (Å²) in [4.78, 5) is 12.1. The maximum atomic E-state index is 12.1. The molecule has 1 aromatic heterocycles. The first-order valence-electron chi connectivity index (χ1n) is 8.62. The lowest BCUT2D eigenvalue weighted by atomic mass is 9.94. The number of para-hydroxylation sites is 2. The Balaban J connectivity index is 1.84. The van der Waals surface area contributed by atoms with E-state index in [1.165, 1.54) is 0 Å². The molecule has 130 valence electrons. The minimum Gasteiger partial charge on any atom is -0.479 e. The number of aromatic nitrogens is 1. The number of hydrogen-bond donors (Lipinski definition) is 2. The molecule has 4 heteroatoms. The highest BCUT2D eigenvalue weighted by atomic mass is 16.4. The minimum atomic E-state index is -1.15. The van der Waals surface area contributed by atoms with Crippen molar-refractivity contribution in [2.45, 2.75) is 18.9 Å². The maximum Gasteiger partial charge on any atom is 0.330 e. The van der Waals surface area contributed by atoms with Crippen LogP contribution in [0.4, 0.5) is 0 Å². The van der Waals surface area contributed by atoms with Gasteiger partial charge in [0.15, 0.2) is 5.54 Å². The molecule has 0 bridgehead atoms. The van der Waals surface area contributed by atoms with Crippen molar-refractivity contribution >= 4 is 27.8 Å². The van der Waals surface area contributed by atoms with Gasteiger partial charge in [-0.2, -0.15) is 0 Å². The molecule has 0 aliphatic rings. The molecule has 26 heavy (non-hydrogen) atoms. The largest absolute Gasteiger partial charge is 0.479 e. The lowest BCUT2D eigenvalue weighted by Crippen LogP contribution is -2.49. The molecule has 0 saturated carbocycles. The normalized spacial score (nSPS) is 13.6. The molecular weight excluding hydrogens is 324 g/mol. The van der Waals surface area contributed by atoms with Gasteiger partial charge in [-0.3, -0.25) is 4.68 Å². The van der Waals surface area contributed by atoms with Crippen molar-refractivity contribution in [3.05, 3.63) is 84.4 Å². The molecule has 0 aliphatic carbocycles. The van der Waals surface area contributed by atoms with Gasteiger partial charge in [0.1, 0.15) is 0 Å². The fourth-order valence-electron chi connectivity index (χ4n) is 3.46. The summed E-state index contributed by atoms with van der Waals surface area (Å²) in [6, 6.07) is 25.8. The molecule has 0 spiro atoms. The molecular formula is C22H20N2O2. The highest BCUT2D eigenvalue weighted by Crippen LogP contribution is 2.29. The molecule has 2 N–H and O–H groups in total. The molecule has 0 fully saturated rings. The molecule has 0 aliphatic heterocycles. The molecule has 0 amide bonds.